The number of hydrogen-bond donors (Lipinski definition) is 0. The van der Waals surface area contributed by atoms with E-state index in [0.717, 1.165) is 18.6 Å². The number of carbonyl (C=O) groups excluding carboxylic acids is 1. The van der Waals surface area contributed by atoms with Gasteiger partial charge in [-0.3, -0.25) is 4.79 Å². The predicted molar refractivity (Wildman–Crippen MR) is 50.7 cm³/mol. The molecule has 1 aliphatic heterocycles. The maximum Gasteiger partial charge on any atom is 0.314 e. The molecule has 1 saturated heterocycles. The van der Waals surface area contributed by atoms with Crippen LogP contribution in [0.1, 0.15) is 26.7 Å². The molecule has 1 heterocycles. The molecule has 0 aromatic rings. The summed E-state index contributed by atoms with van der Waals surface area (Å²) < 4.78 is 5.08. The molecule has 0 bridgehead atoms. The van der Waals surface area contributed by atoms with Gasteiger partial charge in [0.05, 0.1) is 5.92 Å². The fourth-order valence-electron chi connectivity index (χ4n) is 1.35. The van der Waals surface area contributed by atoms with Crippen LogP contribution in [0.3, 0.4) is 0 Å². The lowest BCUT2D eigenvalue weighted by Crippen LogP contribution is -2.26. The lowest BCUT2D eigenvalue weighted by Gasteiger charge is -2.24. The van der Waals surface area contributed by atoms with Crippen molar-refractivity contribution in [1.82, 2.24) is 0 Å². The van der Waals surface area contributed by atoms with E-state index in [9.17, 15) is 4.79 Å². The molecule has 0 saturated carbocycles. The third-order valence-electron chi connectivity index (χ3n) is 2.16. The molecule has 0 aromatic heterocycles. The van der Waals surface area contributed by atoms with E-state index in [0.29, 0.717) is 5.92 Å². The molecule has 0 spiro atoms. The molecule has 68 valence electrons. The van der Waals surface area contributed by atoms with E-state index in [1.165, 1.54) is 0 Å². The summed E-state index contributed by atoms with van der Waals surface area (Å²) in [5.74, 6) is 1.13. The van der Waals surface area contributed by atoms with Gasteiger partial charge in [-0.25, -0.2) is 0 Å². The predicted octanol–water partition coefficient (Wildman–Crippen LogP) is 2.83. The SMILES string of the molecule is CC(C)C1CC/C(=C/Br)OC1=O. The lowest BCUT2D eigenvalue weighted by atomic mass is 9.89. The first-order valence-electron chi connectivity index (χ1n) is 4.16. The van der Waals surface area contributed by atoms with Crippen molar-refractivity contribution in [2.75, 3.05) is 0 Å². The van der Waals surface area contributed by atoms with Crippen LogP contribution in [0.5, 0.6) is 0 Å². The van der Waals surface area contributed by atoms with Crippen LogP contribution in [0.4, 0.5) is 0 Å². The Morgan fingerprint density at radius 3 is 2.75 bits per heavy atom. The van der Waals surface area contributed by atoms with E-state index in [4.69, 9.17) is 4.74 Å². The zero-order valence-corrected chi connectivity index (χ0v) is 8.93. The highest BCUT2D eigenvalue weighted by Gasteiger charge is 2.28. The van der Waals surface area contributed by atoms with Gasteiger partial charge in [0.15, 0.2) is 0 Å². The molecule has 1 fully saturated rings. The molecule has 1 atom stereocenters. The van der Waals surface area contributed by atoms with E-state index >= 15 is 0 Å². The molecular weight excluding hydrogens is 220 g/mol. The van der Waals surface area contributed by atoms with Gasteiger partial charge in [0.25, 0.3) is 0 Å². The van der Waals surface area contributed by atoms with Crippen LogP contribution >= 0.6 is 15.9 Å². The van der Waals surface area contributed by atoms with Crippen LogP contribution in [0, 0.1) is 11.8 Å². The van der Waals surface area contributed by atoms with E-state index in [-0.39, 0.29) is 11.9 Å². The van der Waals surface area contributed by atoms with E-state index in [2.05, 4.69) is 29.8 Å². The first kappa shape index (κ1) is 9.78. The third kappa shape index (κ3) is 2.09. The summed E-state index contributed by atoms with van der Waals surface area (Å²) >= 11 is 3.16. The highest BCUT2D eigenvalue weighted by molar-refractivity contribution is 9.11. The number of cyclic esters (lactones) is 1. The Bertz CT molecular complexity index is 209. The highest BCUT2D eigenvalue weighted by Crippen LogP contribution is 2.28. The largest absolute Gasteiger partial charge is 0.430 e. The van der Waals surface area contributed by atoms with Crippen molar-refractivity contribution in [2.45, 2.75) is 26.7 Å². The van der Waals surface area contributed by atoms with Crippen LogP contribution < -0.4 is 0 Å². The summed E-state index contributed by atoms with van der Waals surface area (Å²) in [5.41, 5.74) is 0. The number of carbonyl (C=O) groups is 1. The molecule has 0 radical (unpaired) electrons. The normalized spacial score (nSPS) is 27.8. The lowest BCUT2D eigenvalue weighted by molar-refractivity contribution is -0.149. The van der Waals surface area contributed by atoms with Crippen molar-refractivity contribution in [2.24, 2.45) is 11.8 Å². The molecule has 12 heavy (non-hydrogen) atoms. The van der Waals surface area contributed by atoms with Crippen molar-refractivity contribution in [3.8, 4) is 0 Å². The second-order valence-corrected chi connectivity index (χ2v) is 3.84. The number of hydrogen-bond acceptors (Lipinski definition) is 2. The maximum atomic E-state index is 11.3. The van der Waals surface area contributed by atoms with E-state index < -0.39 is 0 Å². The van der Waals surface area contributed by atoms with Gasteiger partial charge in [-0.2, -0.15) is 0 Å². The Hall–Kier alpha value is -0.310. The molecule has 1 rings (SSSR count). The quantitative estimate of drug-likeness (QED) is 0.651. The molecule has 0 aromatic carbocycles. The van der Waals surface area contributed by atoms with Gasteiger partial charge in [-0.15, -0.1) is 0 Å². The van der Waals surface area contributed by atoms with Crippen molar-refractivity contribution in [3.05, 3.63) is 10.7 Å². The summed E-state index contributed by atoms with van der Waals surface area (Å²) in [6.07, 6.45) is 1.77. The first-order chi connectivity index (χ1) is 5.65. The van der Waals surface area contributed by atoms with Crippen LogP contribution in [0.25, 0.3) is 0 Å². The minimum absolute atomic E-state index is 0.0815. The van der Waals surface area contributed by atoms with Gasteiger partial charge in [-0.1, -0.05) is 29.8 Å². The highest BCUT2D eigenvalue weighted by atomic mass is 79.9. The monoisotopic (exact) mass is 232 g/mol. The van der Waals surface area contributed by atoms with Crippen molar-refractivity contribution >= 4 is 21.9 Å². The third-order valence-corrected chi connectivity index (χ3v) is 2.67. The van der Waals surface area contributed by atoms with Crippen molar-refractivity contribution < 1.29 is 9.53 Å². The molecule has 0 aliphatic carbocycles. The number of allylic oxidation sites excluding steroid dienone is 1. The Labute approximate surface area is 81.1 Å². The summed E-state index contributed by atoms with van der Waals surface area (Å²) in [6, 6.07) is 0. The van der Waals surface area contributed by atoms with E-state index in [1.54, 1.807) is 4.99 Å². The minimum Gasteiger partial charge on any atom is -0.430 e. The van der Waals surface area contributed by atoms with Crippen LogP contribution in [0.2, 0.25) is 0 Å². The van der Waals surface area contributed by atoms with Crippen LogP contribution in [-0.2, 0) is 9.53 Å². The molecule has 0 amide bonds. The summed E-state index contributed by atoms with van der Waals surface area (Å²) in [5, 5.41) is 0. The fraction of sp³-hybridized carbons (Fsp3) is 0.667. The Morgan fingerprint density at radius 2 is 2.33 bits per heavy atom. The van der Waals surface area contributed by atoms with Gasteiger partial charge >= 0.3 is 5.97 Å². The average Bonchev–Trinajstić information content (AvgIpc) is 2.03. The maximum absolute atomic E-state index is 11.3. The zero-order chi connectivity index (χ0) is 9.14. The number of ether oxygens (including phenoxy) is 1. The smallest absolute Gasteiger partial charge is 0.314 e. The second-order valence-electron chi connectivity index (χ2n) is 3.39. The minimum atomic E-state index is -0.0815. The number of esters is 1. The molecule has 2 nitrogen and oxygen atoms in total. The van der Waals surface area contributed by atoms with Crippen molar-refractivity contribution in [3.63, 3.8) is 0 Å². The standard InChI is InChI=1S/C9H13BrO2/c1-6(2)8-4-3-7(5-10)12-9(8)11/h5-6,8H,3-4H2,1-2H3/b7-5-. The van der Waals surface area contributed by atoms with Gasteiger partial charge in [-0.05, 0) is 12.3 Å². The topological polar surface area (TPSA) is 26.3 Å². The number of halogens is 1. The van der Waals surface area contributed by atoms with E-state index in [1.807, 2.05) is 0 Å². The van der Waals surface area contributed by atoms with Gasteiger partial charge in [0.2, 0.25) is 0 Å². The molecule has 3 heteroatoms. The van der Waals surface area contributed by atoms with Crippen LogP contribution in [-0.4, -0.2) is 5.97 Å². The fourth-order valence-corrected chi connectivity index (χ4v) is 1.68. The van der Waals surface area contributed by atoms with Gasteiger partial charge in [0.1, 0.15) is 5.76 Å². The second kappa shape index (κ2) is 4.08. The molecule has 1 aliphatic rings. The molecule has 1 unspecified atom stereocenters. The summed E-state index contributed by atoms with van der Waals surface area (Å²) in [4.78, 5) is 13.0. The Morgan fingerprint density at radius 1 is 1.67 bits per heavy atom. The first-order valence-corrected chi connectivity index (χ1v) is 5.07. The number of rotatable bonds is 1. The van der Waals surface area contributed by atoms with Crippen LogP contribution in [0.15, 0.2) is 10.7 Å². The Kier molecular flexibility index (Phi) is 3.32. The molecular formula is C9H13BrO2. The van der Waals surface area contributed by atoms with Gasteiger partial charge < -0.3 is 4.74 Å². The summed E-state index contributed by atoms with van der Waals surface area (Å²) in [7, 11) is 0. The van der Waals surface area contributed by atoms with Crippen molar-refractivity contribution in [1.29, 1.82) is 0 Å². The zero-order valence-electron chi connectivity index (χ0n) is 7.34. The molecule has 0 N–H and O–H groups in total. The summed E-state index contributed by atoms with van der Waals surface area (Å²) in [6.45, 7) is 4.10. The Balaban J connectivity index is 2.60. The van der Waals surface area contributed by atoms with Gasteiger partial charge in [0, 0.05) is 11.4 Å². The average molecular weight is 233 g/mol.